The van der Waals surface area contributed by atoms with Crippen LogP contribution in [0, 0.1) is 17.1 Å². The number of nitrogens with zero attached hydrogens (tertiary/aromatic N) is 4. The monoisotopic (exact) mass is 244 g/mol. The molecule has 0 aliphatic carbocycles. The van der Waals surface area contributed by atoms with E-state index in [4.69, 9.17) is 5.26 Å². The van der Waals surface area contributed by atoms with Crippen molar-refractivity contribution in [1.29, 1.82) is 5.26 Å². The van der Waals surface area contributed by atoms with Crippen molar-refractivity contribution in [2.45, 2.75) is 26.3 Å². The molecule has 0 radical (unpaired) electrons. The maximum absolute atomic E-state index is 13.1. The molecule has 2 rings (SSSR count). The third-order valence-corrected chi connectivity index (χ3v) is 2.72. The van der Waals surface area contributed by atoms with E-state index in [0.717, 1.165) is 17.7 Å². The van der Waals surface area contributed by atoms with E-state index in [1.807, 2.05) is 13.0 Å². The van der Waals surface area contributed by atoms with E-state index in [1.165, 1.54) is 12.1 Å². The Morgan fingerprint density at radius 1 is 1.44 bits per heavy atom. The highest BCUT2D eigenvalue weighted by molar-refractivity contribution is 5.19. The van der Waals surface area contributed by atoms with Crippen LogP contribution >= 0.6 is 0 Å². The van der Waals surface area contributed by atoms with Crippen molar-refractivity contribution in [2.75, 3.05) is 0 Å². The predicted molar refractivity (Wildman–Crippen MR) is 64.2 cm³/mol. The van der Waals surface area contributed by atoms with Gasteiger partial charge in [-0.25, -0.2) is 9.07 Å². The molecule has 0 bridgehead atoms. The van der Waals surface area contributed by atoms with Crippen LogP contribution in [-0.2, 0) is 19.4 Å². The lowest BCUT2D eigenvalue weighted by molar-refractivity contribution is 0.604. The maximum atomic E-state index is 13.1. The lowest BCUT2D eigenvalue weighted by Gasteiger charge is -2.05. The molecule has 18 heavy (non-hydrogen) atoms. The molecule has 0 saturated heterocycles. The first-order chi connectivity index (χ1) is 8.74. The summed E-state index contributed by atoms with van der Waals surface area (Å²) in [5.74, 6) is -0.261. The number of halogens is 1. The van der Waals surface area contributed by atoms with Crippen LogP contribution in [0.15, 0.2) is 24.3 Å². The third kappa shape index (κ3) is 2.54. The molecule has 5 heteroatoms. The summed E-state index contributed by atoms with van der Waals surface area (Å²) in [5, 5.41) is 16.7. The lowest BCUT2D eigenvalue weighted by Crippen LogP contribution is -2.07. The highest BCUT2D eigenvalue weighted by atomic mass is 19.1. The minimum Gasteiger partial charge on any atom is -0.245 e. The number of rotatable bonds is 4. The van der Waals surface area contributed by atoms with Crippen LogP contribution in [0.25, 0.3) is 0 Å². The first-order valence-corrected chi connectivity index (χ1v) is 5.77. The standard InChI is InChI=1S/C13H13FN4/c1-2-13-12(6-7-15)16-17-18(13)9-10-4-3-5-11(14)8-10/h3-5,8H,2,6,9H2,1H3. The lowest BCUT2D eigenvalue weighted by atomic mass is 10.2. The predicted octanol–water partition coefficient (Wildman–Crippen LogP) is 2.09. The molecule has 0 fully saturated rings. The number of hydrogen-bond acceptors (Lipinski definition) is 3. The van der Waals surface area contributed by atoms with Gasteiger partial charge in [0.25, 0.3) is 0 Å². The van der Waals surface area contributed by atoms with E-state index in [0.29, 0.717) is 12.2 Å². The second-order valence-corrected chi connectivity index (χ2v) is 3.96. The smallest absolute Gasteiger partial charge is 0.123 e. The molecule has 0 N–H and O–H groups in total. The molecule has 0 spiro atoms. The Kier molecular flexibility index (Phi) is 3.68. The van der Waals surface area contributed by atoms with E-state index in [-0.39, 0.29) is 12.2 Å². The molecule has 0 aliphatic rings. The van der Waals surface area contributed by atoms with E-state index >= 15 is 0 Å². The fourth-order valence-electron chi connectivity index (χ4n) is 1.90. The van der Waals surface area contributed by atoms with Crippen molar-refractivity contribution >= 4 is 0 Å². The minimum absolute atomic E-state index is 0.256. The molecule has 1 aromatic heterocycles. The molecule has 0 aliphatic heterocycles. The van der Waals surface area contributed by atoms with Gasteiger partial charge in [-0.15, -0.1) is 5.10 Å². The fourth-order valence-corrected chi connectivity index (χ4v) is 1.90. The Balaban J connectivity index is 2.27. The molecular formula is C13H13FN4. The molecule has 0 unspecified atom stereocenters. The quantitative estimate of drug-likeness (QED) is 0.827. The van der Waals surface area contributed by atoms with Gasteiger partial charge in [-0.3, -0.25) is 0 Å². The molecule has 1 heterocycles. The average molecular weight is 244 g/mol. The molecular weight excluding hydrogens is 231 g/mol. The maximum Gasteiger partial charge on any atom is 0.123 e. The van der Waals surface area contributed by atoms with Crippen LogP contribution in [0.4, 0.5) is 4.39 Å². The fraction of sp³-hybridized carbons (Fsp3) is 0.308. The van der Waals surface area contributed by atoms with Gasteiger partial charge < -0.3 is 0 Å². The zero-order valence-corrected chi connectivity index (χ0v) is 10.1. The van der Waals surface area contributed by atoms with Crippen molar-refractivity contribution in [3.8, 4) is 6.07 Å². The summed E-state index contributed by atoms with van der Waals surface area (Å²) >= 11 is 0. The molecule has 4 nitrogen and oxygen atoms in total. The SMILES string of the molecule is CCc1c(CC#N)nnn1Cc1cccc(F)c1. The van der Waals surface area contributed by atoms with Gasteiger partial charge in [0.15, 0.2) is 0 Å². The summed E-state index contributed by atoms with van der Waals surface area (Å²) in [6.07, 6.45) is 1.01. The van der Waals surface area contributed by atoms with Crippen LogP contribution in [0.5, 0.6) is 0 Å². The number of benzene rings is 1. The first-order valence-electron chi connectivity index (χ1n) is 5.77. The van der Waals surface area contributed by atoms with Crippen LogP contribution in [0.3, 0.4) is 0 Å². The van der Waals surface area contributed by atoms with Crippen molar-refractivity contribution in [3.05, 3.63) is 47.0 Å². The van der Waals surface area contributed by atoms with E-state index in [2.05, 4.69) is 16.4 Å². The minimum atomic E-state index is -0.261. The topological polar surface area (TPSA) is 54.5 Å². The highest BCUT2D eigenvalue weighted by Gasteiger charge is 2.11. The number of nitriles is 1. The van der Waals surface area contributed by atoms with Gasteiger partial charge in [-0.1, -0.05) is 24.3 Å². The van der Waals surface area contributed by atoms with Crippen molar-refractivity contribution < 1.29 is 4.39 Å². The van der Waals surface area contributed by atoms with E-state index in [9.17, 15) is 4.39 Å². The normalized spacial score (nSPS) is 10.3. The Hall–Kier alpha value is -2.22. The Morgan fingerprint density at radius 2 is 2.28 bits per heavy atom. The molecule has 2 aromatic rings. The second kappa shape index (κ2) is 5.41. The van der Waals surface area contributed by atoms with Gasteiger partial charge in [-0.2, -0.15) is 5.26 Å². The van der Waals surface area contributed by atoms with E-state index in [1.54, 1.807) is 10.7 Å². The zero-order valence-electron chi connectivity index (χ0n) is 10.1. The molecule has 92 valence electrons. The zero-order chi connectivity index (χ0) is 13.0. The van der Waals surface area contributed by atoms with Gasteiger partial charge in [0.1, 0.15) is 5.82 Å². The van der Waals surface area contributed by atoms with Gasteiger partial charge >= 0.3 is 0 Å². The molecule has 1 aromatic carbocycles. The van der Waals surface area contributed by atoms with Crippen LogP contribution in [-0.4, -0.2) is 15.0 Å². The highest BCUT2D eigenvalue weighted by Crippen LogP contribution is 2.11. The van der Waals surface area contributed by atoms with Crippen molar-refractivity contribution in [2.24, 2.45) is 0 Å². The summed E-state index contributed by atoms with van der Waals surface area (Å²) in [6, 6.07) is 8.47. The third-order valence-electron chi connectivity index (χ3n) is 2.72. The van der Waals surface area contributed by atoms with Gasteiger partial charge in [-0.05, 0) is 24.1 Å². The summed E-state index contributed by atoms with van der Waals surface area (Å²) in [6.45, 7) is 2.46. The van der Waals surface area contributed by atoms with Crippen molar-refractivity contribution in [3.63, 3.8) is 0 Å². The summed E-state index contributed by atoms with van der Waals surface area (Å²) in [5.41, 5.74) is 2.47. The van der Waals surface area contributed by atoms with Crippen LogP contribution in [0.2, 0.25) is 0 Å². The average Bonchev–Trinajstić information content (AvgIpc) is 2.72. The van der Waals surface area contributed by atoms with Crippen molar-refractivity contribution in [1.82, 2.24) is 15.0 Å². The van der Waals surface area contributed by atoms with Crippen LogP contribution in [0.1, 0.15) is 23.9 Å². The summed E-state index contributed by atoms with van der Waals surface area (Å²) < 4.78 is 14.8. The van der Waals surface area contributed by atoms with Crippen LogP contribution < -0.4 is 0 Å². The largest absolute Gasteiger partial charge is 0.245 e. The second-order valence-electron chi connectivity index (χ2n) is 3.96. The molecule has 0 amide bonds. The molecule has 0 atom stereocenters. The van der Waals surface area contributed by atoms with Gasteiger partial charge in [0, 0.05) is 0 Å². The van der Waals surface area contributed by atoms with Gasteiger partial charge in [0.05, 0.1) is 30.4 Å². The number of hydrogen-bond donors (Lipinski definition) is 0. The van der Waals surface area contributed by atoms with Gasteiger partial charge in [0.2, 0.25) is 0 Å². The Bertz CT molecular complexity index is 583. The summed E-state index contributed by atoms with van der Waals surface area (Å²) in [7, 11) is 0. The first kappa shape index (κ1) is 12.2. The van der Waals surface area contributed by atoms with E-state index < -0.39 is 0 Å². The Morgan fingerprint density at radius 3 is 2.94 bits per heavy atom. The molecule has 0 saturated carbocycles. The summed E-state index contributed by atoms with van der Waals surface area (Å²) in [4.78, 5) is 0. The Labute approximate surface area is 105 Å². The number of aromatic nitrogens is 3.